The van der Waals surface area contributed by atoms with Crippen LogP contribution in [0.4, 0.5) is 0 Å². The Bertz CT molecular complexity index is 561. The van der Waals surface area contributed by atoms with Crippen LogP contribution in [0.5, 0.6) is 5.75 Å². The smallest absolute Gasteiger partial charge is 0.161 e. The van der Waals surface area contributed by atoms with Crippen molar-refractivity contribution >= 4 is 22.6 Å². The Labute approximate surface area is 140 Å². The SMILES string of the molecule is CCCNC(c1ccccc1I)c1c(OC)cnn1CC. The number of hydrogen-bond donors (Lipinski definition) is 1. The fourth-order valence-corrected chi connectivity index (χ4v) is 3.13. The summed E-state index contributed by atoms with van der Waals surface area (Å²) < 4.78 is 8.78. The van der Waals surface area contributed by atoms with Crippen molar-refractivity contribution in [3.8, 4) is 5.75 Å². The highest BCUT2D eigenvalue weighted by molar-refractivity contribution is 14.1. The van der Waals surface area contributed by atoms with Gasteiger partial charge in [-0.05, 0) is 54.1 Å². The van der Waals surface area contributed by atoms with E-state index in [2.05, 4.69) is 71.1 Å². The van der Waals surface area contributed by atoms with Gasteiger partial charge >= 0.3 is 0 Å². The molecule has 0 radical (unpaired) electrons. The summed E-state index contributed by atoms with van der Waals surface area (Å²) in [7, 11) is 1.70. The van der Waals surface area contributed by atoms with Gasteiger partial charge in [-0.15, -0.1) is 0 Å². The molecular weight excluding hydrogens is 377 g/mol. The molecule has 21 heavy (non-hydrogen) atoms. The fourth-order valence-electron chi connectivity index (χ4n) is 2.43. The summed E-state index contributed by atoms with van der Waals surface area (Å²) in [4.78, 5) is 0. The minimum absolute atomic E-state index is 0.0930. The molecule has 0 aliphatic carbocycles. The number of aryl methyl sites for hydroxylation is 1. The molecule has 0 amide bonds. The lowest BCUT2D eigenvalue weighted by atomic mass is 10.0. The summed E-state index contributed by atoms with van der Waals surface area (Å²) in [5.41, 5.74) is 2.36. The van der Waals surface area contributed by atoms with Crippen LogP contribution >= 0.6 is 22.6 Å². The molecular formula is C16H22IN3O. The van der Waals surface area contributed by atoms with Crippen LogP contribution in [0.1, 0.15) is 37.6 Å². The van der Waals surface area contributed by atoms with Gasteiger partial charge in [0, 0.05) is 10.1 Å². The number of ether oxygens (including phenoxy) is 1. The highest BCUT2D eigenvalue weighted by Gasteiger charge is 2.24. The molecule has 1 N–H and O–H groups in total. The van der Waals surface area contributed by atoms with E-state index < -0.39 is 0 Å². The van der Waals surface area contributed by atoms with E-state index >= 15 is 0 Å². The van der Waals surface area contributed by atoms with Crippen LogP contribution in [0.3, 0.4) is 0 Å². The maximum atomic E-state index is 5.52. The van der Waals surface area contributed by atoms with Gasteiger partial charge in [0.2, 0.25) is 0 Å². The van der Waals surface area contributed by atoms with E-state index in [9.17, 15) is 0 Å². The van der Waals surface area contributed by atoms with Crippen LogP contribution < -0.4 is 10.1 Å². The number of benzene rings is 1. The van der Waals surface area contributed by atoms with Crippen molar-refractivity contribution in [3.63, 3.8) is 0 Å². The van der Waals surface area contributed by atoms with E-state index in [0.29, 0.717) is 0 Å². The van der Waals surface area contributed by atoms with Gasteiger partial charge in [0.15, 0.2) is 5.75 Å². The highest BCUT2D eigenvalue weighted by atomic mass is 127. The van der Waals surface area contributed by atoms with Crippen molar-refractivity contribution in [2.24, 2.45) is 0 Å². The van der Waals surface area contributed by atoms with E-state index in [1.807, 2.05) is 4.68 Å². The predicted molar refractivity (Wildman–Crippen MR) is 93.7 cm³/mol. The Balaban J connectivity index is 2.50. The molecule has 1 aromatic carbocycles. The van der Waals surface area contributed by atoms with Crippen molar-refractivity contribution in [2.75, 3.05) is 13.7 Å². The molecule has 2 rings (SSSR count). The average Bonchev–Trinajstić information content (AvgIpc) is 2.92. The van der Waals surface area contributed by atoms with Gasteiger partial charge in [-0.3, -0.25) is 4.68 Å². The Morgan fingerprint density at radius 1 is 1.33 bits per heavy atom. The summed E-state index contributed by atoms with van der Waals surface area (Å²) in [6.45, 7) is 6.05. The molecule has 5 heteroatoms. The molecule has 1 aromatic heterocycles. The molecule has 1 unspecified atom stereocenters. The monoisotopic (exact) mass is 399 g/mol. The van der Waals surface area contributed by atoms with Crippen LogP contribution in [0.2, 0.25) is 0 Å². The number of halogens is 1. The van der Waals surface area contributed by atoms with Crippen LogP contribution in [0.15, 0.2) is 30.5 Å². The Morgan fingerprint density at radius 3 is 2.71 bits per heavy atom. The molecule has 114 valence electrons. The lowest BCUT2D eigenvalue weighted by molar-refractivity contribution is 0.398. The zero-order chi connectivity index (χ0) is 15.2. The first-order valence-electron chi connectivity index (χ1n) is 7.30. The first-order valence-corrected chi connectivity index (χ1v) is 8.38. The maximum Gasteiger partial charge on any atom is 0.161 e. The summed E-state index contributed by atoms with van der Waals surface area (Å²) in [5, 5.41) is 8.07. The second-order valence-electron chi connectivity index (χ2n) is 4.82. The van der Waals surface area contributed by atoms with Crippen molar-refractivity contribution in [1.29, 1.82) is 0 Å². The molecule has 1 atom stereocenters. The number of aromatic nitrogens is 2. The standard InChI is InChI=1S/C16H22IN3O/c1-4-10-18-15(12-8-6-7-9-13(12)17)16-14(21-3)11-19-20(16)5-2/h6-9,11,15,18H,4-5,10H2,1-3H3. The molecule has 2 aromatic rings. The van der Waals surface area contributed by atoms with Crippen molar-refractivity contribution in [1.82, 2.24) is 15.1 Å². The zero-order valence-electron chi connectivity index (χ0n) is 12.8. The highest BCUT2D eigenvalue weighted by Crippen LogP contribution is 2.32. The maximum absolute atomic E-state index is 5.52. The molecule has 0 bridgehead atoms. The van der Waals surface area contributed by atoms with Crippen molar-refractivity contribution in [3.05, 3.63) is 45.3 Å². The quantitative estimate of drug-likeness (QED) is 0.724. The topological polar surface area (TPSA) is 39.1 Å². The summed E-state index contributed by atoms with van der Waals surface area (Å²) in [6.07, 6.45) is 2.89. The van der Waals surface area contributed by atoms with E-state index in [1.54, 1.807) is 13.3 Å². The Hall–Kier alpha value is -1.08. The molecule has 0 fully saturated rings. The average molecular weight is 399 g/mol. The van der Waals surface area contributed by atoms with Crippen LogP contribution in [-0.2, 0) is 6.54 Å². The molecule has 0 spiro atoms. The minimum atomic E-state index is 0.0930. The normalized spacial score (nSPS) is 12.4. The largest absolute Gasteiger partial charge is 0.493 e. The molecule has 0 aliphatic heterocycles. The second-order valence-corrected chi connectivity index (χ2v) is 5.98. The van der Waals surface area contributed by atoms with Gasteiger partial charge in [0.05, 0.1) is 19.3 Å². The van der Waals surface area contributed by atoms with E-state index in [1.165, 1.54) is 9.13 Å². The van der Waals surface area contributed by atoms with E-state index in [4.69, 9.17) is 4.74 Å². The summed E-state index contributed by atoms with van der Waals surface area (Å²) in [5.74, 6) is 0.838. The van der Waals surface area contributed by atoms with Gasteiger partial charge in [0.25, 0.3) is 0 Å². The third-order valence-corrected chi connectivity index (χ3v) is 4.43. The third kappa shape index (κ3) is 3.58. The van der Waals surface area contributed by atoms with E-state index in [-0.39, 0.29) is 6.04 Å². The second kappa shape index (κ2) is 7.79. The van der Waals surface area contributed by atoms with Crippen molar-refractivity contribution < 1.29 is 4.74 Å². The zero-order valence-corrected chi connectivity index (χ0v) is 14.9. The van der Waals surface area contributed by atoms with Gasteiger partial charge in [-0.1, -0.05) is 25.1 Å². The van der Waals surface area contributed by atoms with Crippen molar-refractivity contribution in [2.45, 2.75) is 32.9 Å². The van der Waals surface area contributed by atoms with Crippen LogP contribution in [-0.4, -0.2) is 23.4 Å². The van der Waals surface area contributed by atoms with Crippen LogP contribution in [0.25, 0.3) is 0 Å². The first kappa shape index (κ1) is 16.3. The molecule has 0 aliphatic rings. The molecule has 1 heterocycles. The lowest BCUT2D eigenvalue weighted by Crippen LogP contribution is -2.27. The third-order valence-electron chi connectivity index (χ3n) is 3.45. The number of methoxy groups -OCH3 is 1. The lowest BCUT2D eigenvalue weighted by Gasteiger charge is -2.22. The predicted octanol–water partition coefficient (Wildman–Crippen LogP) is 3.61. The summed E-state index contributed by atoms with van der Waals surface area (Å²) >= 11 is 2.39. The van der Waals surface area contributed by atoms with Crippen LogP contribution in [0, 0.1) is 3.57 Å². The number of hydrogen-bond acceptors (Lipinski definition) is 3. The number of nitrogens with zero attached hydrogens (tertiary/aromatic N) is 2. The van der Waals surface area contributed by atoms with Gasteiger partial charge in [-0.2, -0.15) is 5.10 Å². The van der Waals surface area contributed by atoms with Gasteiger partial charge < -0.3 is 10.1 Å². The molecule has 4 nitrogen and oxygen atoms in total. The van der Waals surface area contributed by atoms with Gasteiger partial charge in [-0.25, -0.2) is 0 Å². The fraction of sp³-hybridized carbons (Fsp3) is 0.438. The van der Waals surface area contributed by atoms with E-state index in [0.717, 1.165) is 31.0 Å². The number of rotatable bonds is 7. The van der Waals surface area contributed by atoms with Gasteiger partial charge in [0.1, 0.15) is 5.69 Å². The first-order chi connectivity index (χ1) is 10.2. The number of nitrogens with one attached hydrogen (secondary N) is 1. The molecule has 0 saturated heterocycles. The molecule has 0 saturated carbocycles. The Morgan fingerprint density at radius 2 is 2.10 bits per heavy atom. The minimum Gasteiger partial charge on any atom is -0.493 e. The Kier molecular flexibility index (Phi) is 6.05. The summed E-state index contributed by atoms with van der Waals surface area (Å²) in [6, 6.07) is 8.54.